The zero-order valence-electron chi connectivity index (χ0n) is 13.7. The SMILES string of the molecule is CCNC(c1cccc(C)c1C)C1CCC(CC)CC1. The third-order valence-electron chi connectivity index (χ3n) is 5.35. The van der Waals surface area contributed by atoms with Crippen LogP contribution in [0.25, 0.3) is 0 Å². The highest BCUT2D eigenvalue weighted by molar-refractivity contribution is 5.35. The molecule has 0 radical (unpaired) electrons. The van der Waals surface area contributed by atoms with Crippen LogP contribution in [0.2, 0.25) is 0 Å². The van der Waals surface area contributed by atoms with Gasteiger partial charge in [-0.25, -0.2) is 0 Å². The highest BCUT2D eigenvalue weighted by Gasteiger charge is 2.28. The summed E-state index contributed by atoms with van der Waals surface area (Å²) in [5, 5.41) is 3.77. The van der Waals surface area contributed by atoms with E-state index in [1.165, 1.54) is 48.8 Å². The van der Waals surface area contributed by atoms with Gasteiger partial charge in [0.25, 0.3) is 0 Å². The molecule has 1 heteroatoms. The molecule has 0 aromatic heterocycles. The van der Waals surface area contributed by atoms with Crippen LogP contribution in [0.5, 0.6) is 0 Å². The van der Waals surface area contributed by atoms with Gasteiger partial charge in [0.2, 0.25) is 0 Å². The summed E-state index contributed by atoms with van der Waals surface area (Å²) in [5.41, 5.74) is 4.44. The minimum atomic E-state index is 0.553. The Hall–Kier alpha value is -0.820. The van der Waals surface area contributed by atoms with E-state index in [-0.39, 0.29) is 0 Å². The van der Waals surface area contributed by atoms with Crippen LogP contribution in [0, 0.1) is 25.7 Å². The van der Waals surface area contributed by atoms with Gasteiger partial charge in [-0.15, -0.1) is 0 Å². The largest absolute Gasteiger partial charge is 0.310 e. The average molecular weight is 273 g/mol. The van der Waals surface area contributed by atoms with Crippen LogP contribution < -0.4 is 5.32 Å². The third-order valence-corrected chi connectivity index (χ3v) is 5.35. The van der Waals surface area contributed by atoms with Crippen LogP contribution in [0.15, 0.2) is 18.2 Å². The number of hydrogen-bond acceptors (Lipinski definition) is 1. The summed E-state index contributed by atoms with van der Waals surface area (Å²) in [4.78, 5) is 0. The lowest BCUT2D eigenvalue weighted by Crippen LogP contribution is -2.31. The highest BCUT2D eigenvalue weighted by atomic mass is 14.9. The van der Waals surface area contributed by atoms with Gasteiger partial charge in [-0.1, -0.05) is 51.3 Å². The molecule has 0 spiro atoms. The average Bonchev–Trinajstić information content (AvgIpc) is 2.48. The number of nitrogens with one attached hydrogen (secondary N) is 1. The molecule has 1 nitrogen and oxygen atoms in total. The predicted molar refractivity (Wildman–Crippen MR) is 88.1 cm³/mol. The van der Waals surface area contributed by atoms with Crippen molar-refractivity contribution in [2.45, 2.75) is 65.8 Å². The first-order chi connectivity index (χ1) is 9.67. The first-order valence-corrected chi connectivity index (χ1v) is 8.46. The fraction of sp³-hybridized carbons (Fsp3) is 0.684. The van der Waals surface area contributed by atoms with Gasteiger partial charge in [0.1, 0.15) is 0 Å². The summed E-state index contributed by atoms with van der Waals surface area (Å²) >= 11 is 0. The molecule has 1 saturated carbocycles. The van der Waals surface area contributed by atoms with Gasteiger partial charge in [0, 0.05) is 6.04 Å². The van der Waals surface area contributed by atoms with E-state index in [4.69, 9.17) is 0 Å². The van der Waals surface area contributed by atoms with Crippen LogP contribution in [0.4, 0.5) is 0 Å². The molecule has 0 saturated heterocycles. The molecule has 1 aliphatic carbocycles. The second kappa shape index (κ2) is 7.26. The Bertz CT molecular complexity index is 416. The van der Waals surface area contributed by atoms with E-state index >= 15 is 0 Å². The zero-order valence-corrected chi connectivity index (χ0v) is 13.7. The molecule has 1 fully saturated rings. The molecule has 0 heterocycles. The lowest BCUT2D eigenvalue weighted by atomic mass is 9.75. The maximum absolute atomic E-state index is 3.77. The van der Waals surface area contributed by atoms with Crippen molar-refractivity contribution in [1.82, 2.24) is 5.32 Å². The topological polar surface area (TPSA) is 12.0 Å². The van der Waals surface area contributed by atoms with E-state index in [0.29, 0.717) is 6.04 Å². The van der Waals surface area contributed by atoms with Crippen LogP contribution in [0.3, 0.4) is 0 Å². The summed E-state index contributed by atoms with van der Waals surface area (Å²) in [6.07, 6.45) is 7.00. The Labute approximate surface area is 125 Å². The van der Waals surface area contributed by atoms with E-state index in [1.807, 2.05) is 0 Å². The minimum absolute atomic E-state index is 0.553. The van der Waals surface area contributed by atoms with E-state index < -0.39 is 0 Å². The van der Waals surface area contributed by atoms with Gasteiger partial charge < -0.3 is 5.32 Å². The summed E-state index contributed by atoms with van der Waals surface area (Å²) in [6, 6.07) is 7.34. The molecule has 20 heavy (non-hydrogen) atoms. The van der Waals surface area contributed by atoms with Gasteiger partial charge in [0.15, 0.2) is 0 Å². The van der Waals surface area contributed by atoms with Gasteiger partial charge >= 0.3 is 0 Å². The molecule has 2 rings (SSSR count). The van der Waals surface area contributed by atoms with E-state index in [0.717, 1.165) is 18.4 Å². The first-order valence-electron chi connectivity index (χ1n) is 8.46. The van der Waals surface area contributed by atoms with Gasteiger partial charge in [-0.05, 0) is 61.8 Å². The van der Waals surface area contributed by atoms with Crippen molar-refractivity contribution in [3.63, 3.8) is 0 Å². The Morgan fingerprint density at radius 1 is 1.10 bits per heavy atom. The normalized spacial score (nSPS) is 24.6. The fourth-order valence-electron chi connectivity index (χ4n) is 3.79. The summed E-state index contributed by atoms with van der Waals surface area (Å²) < 4.78 is 0. The van der Waals surface area contributed by atoms with Crippen molar-refractivity contribution in [2.75, 3.05) is 6.54 Å². The van der Waals surface area contributed by atoms with Crippen LogP contribution in [0.1, 0.15) is 68.7 Å². The Morgan fingerprint density at radius 3 is 2.40 bits per heavy atom. The second-order valence-electron chi connectivity index (χ2n) is 6.51. The Kier molecular flexibility index (Phi) is 5.65. The molecule has 1 atom stereocenters. The third kappa shape index (κ3) is 3.44. The Morgan fingerprint density at radius 2 is 1.80 bits per heavy atom. The molecule has 1 aliphatic rings. The summed E-state index contributed by atoms with van der Waals surface area (Å²) in [5.74, 6) is 1.80. The molecule has 0 bridgehead atoms. The van der Waals surface area contributed by atoms with E-state index in [9.17, 15) is 0 Å². The highest BCUT2D eigenvalue weighted by Crippen LogP contribution is 2.39. The summed E-state index contributed by atoms with van der Waals surface area (Å²) in [6.45, 7) is 10.2. The van der Waals surface area contributed by atoms with Crippen molar-refractivity contribution in [3.8, 4) is 0 Å². The number of aryl methyl sites for hydroxylation is 1. The van der Waals surface area contributed by atoms with Gasteiger partial charge in [0.05, 0.1) is 0 Å². The number of benzene rings is 1. The maximum atomic E-state index is 3.77. The number of hydrogen-bond donors (Lipinski definition) is 1. The summed E-state index contributed by atoms with van der Waals surface area (Å²) in [7, 11) is 0. The molecule has 1 aromatic carbocycles. The molecule has 1 aromatic rings. The molecule has 0 aliphatic heterocycles. The predicted octanol–water partition coefficient (Wildman–Crippen LogP) is 5.17. The molecule has 0 amide bonds. The quantitative estimate of drug-likeness (QED) is 0.780. The maximum Gasteiger partial charge on any atom is 0.0351 e. The molecular weight excluding hydrogens is 242 g/mol. The van der Waals surface area contributed by atoms with Gasteiger partial charge in [-0.3, -0.25) is 0 Å². The standard InChI is InChI=1S/C19H31N/c1-5-16-10-12-17(13-11-16)19(20-6-2)18-9-7-8-14(3)15(18)4/h7-9,16-17,19-20H,5-6,10-13H2,1-4H3. The van der Waals surface area contributed by atoms with Crippen LogP contribution in [-0.4, -0.2) is 6.54 Å². The lowest BCUT2D eigenvalue weighted by molar-refractivity contribution is 0.219. The minimum Gasteiger partial charge on any atom is -0.310 e. The van der Waals surface area contributed by atoms with E-state index in [1.54, 1.807) is 0 Å². The number of rotatable bonds is 5. The van der Waals surface area contributed by atoms with Gasteiger partial charge in [-0.2, -0.15) is 0 Å². The van der Waals surface area contributed by atoms with Crippen molar-refractivity contribution < 1.29 is 0 Å². The Balaban J connectivity index is 2.17. The monoisotopic (exact) mass is 273 g/mol. The molecule has 1 N–H and O–H groups in total. The smallest absolute Gasteiger partial charge is 0.0351 e. The lowest BCUT2D eigenvalue weighted by Gasteiger charge is -2.35. The first kappa shape index (κ1) is 15.6. The van der Waals surface area contributed by atoms with E-state index in [2.05, 4.69) is 51.2 Å². The second-order valence-corrected chi connectivity index (χ2v) is 6.51. The molecule has 1 unspecified atom stereocenters. The zero-order chi connectivity index (χ0) is 14.5. The molecular formula is C19H31N. The van der Waals surface area contributed by atoms with Crippen molar-refractivity contribution in [3.05, 3.63) is 34.9 Å². The van der Waals surface area contributed by atoms with Crippen molar-refractivity contribution in [1.29, 1.82) is 0 Å². The van der Waals surface area contributed by atoms with Crippen molar-refractivity contribution >= 4 is 0 Å². The van der Waals surface area contributed by atoms with Crippen LogP contribution in [-0.2, 0) is 0 Å². The molecule has 112 valence electrons. The fourth-order valence-corrected chi connectivity index (χ4v) is 3.79. The van der Waals surface area contributed by atoms with Crippen molar-refractivity contribution in [2.24, 2.45) is 11.8 Å². The van der Waals surface area contributed by atoms with Crippen LogP contribution >= 0.6 is 0 Å².